The van der Waals surface area contributed by atoms with Gasteiger partial charge in [0.1, 0.15) is 17.5 Å². The van der Waals surface area contributed by atoms with E-state index in [1.54, 1.807) is 24.3 Å². The van der Waals surface area contributed by atoms with E-state index in [9.17, 15) is 4.79 Å². The van der Waals surface area contributed by atoms with Crippen LogP contribution >= 0.6 is 0 Å². The summed E-state index contributed by atoms with van der Waals surface area (Å²) in [6, 6.07) is 1.85. The third-order valence-corrected chi connectivity index (χ3v) is 2.33. The lowest BCUT2D eigenvalue weighted by Gasteiger charge is -2.22. The molecule has 16 heavy (non-hydrogen) atoms. The molecule has 0 radical (unpaired) electrons. The normalized spacial score (nSPS) is 24.5. The summed E-state index contributed by atoms with van der Waals surface area (Å²) in [6.07, 6.45) is 6.78. The maximum absolute atomic E-state index is 11.0. The molecule has 0 aromatic heterocycles. The summed E-state index contributed by atoms with van der Waals surface area (Å²) in [4.78, 5) is 14.8. The monoisotopic (exact) mass is 216 g/mol. The molecule has 0 aromatic carbocycles. The second-order valence-corrected chi connectivity index (χ2v) is 3.33. The number of aliphatic carboxylic acids is 1. The summed E-state index contributed by atoms with van der Waals surface area (Å²) < 4.78 is 0. The molecule has 2 unspecified atom stereocenters. The predicted octanol–water partition coefficient (Wildman–Crippen LogP) is 1.93. The average molecular weight is 216 g/mol. The summed E-state index contributed by atoms with van der Waals surface area (Å²) in [6.45, 7) is 5.45. The average Bonchev–Trinajstić information content (AvgIpc) is 2.29. The third kappa shape index (κ3) is 2.26. The lowest BCUT2D eigenvalue weighted by molar-refractivity contribution is -0.129. The molecule has 0 bridgehead atoms. The number of hydrogen-bond acceptors (Lipinski definition) is 3. The van der Waals surface area contributed by atoms with E-state index in [1.807, 2.05) is 13.0 Å². The number of rotatable bonds is 3. The first-order chi connectivity index (χ1) is 7.63. The van der Waals surface area contributed by atoms with Crippen LogP contribution in [0.3, 0.4) is 0 Å². The van der Waals surface area contributed by atoms with E-state index in [2.05, 4.69) is 11.6 Å². The van der Waals surface area contributed by atoms with Crippen LogP contribution in [0.25, 0.3) is 0 Å². The van der Waals surface area contributed by atoms with Gasteiger partial charge in [-0.2, -0.15) is 5.26 Å². The number of allylic oxidation sites excluding steroid dienone is 5. The van der Waals surface area contributed by atoms with Gasteiger partial charge in [-0.1, -0.05) is 18.2 Å². The standard InChI is InChI=1S/C12H12N2O2/c1-3-5-10-8(4-2)6-9(7-13)14-11(10)12(15)16/h3-6,8,10H,2H2,1H3,(H,15,16)/b5-3-. The number of nitriles is 1. The Morgan fingerprint density at radius 3 is 2.88 bits per heavy atom. The largest absolute Gasteiger partial charge is 0.477 e. The van der Waals surface area contributed by atoms with Gasteiger partial charge in [-0.05, 0) is 13.0 Å². The fourth-order valence-electron chi connectivity index (χ4n) is 1.60. The summed E-state index contributed by atoms with van der Waals surface area (Å²) >= 11 is 0. The van der Waals surface area contributed by atoms with Gasteiger partial charge in [0.05, 0.1) is 0 Å². The van der Waals surface area contributed by atoms with Crippen LogP contribution in [-0.4, -0.2) is 16.8 Å². The Morgan fingerprint density at radius 2 is 2.44 bits per heavy atom. The zero-order valence-electron chi connectivity index (χ0n) is 8.92. The number of aliphatic imine (C=N–C) groups is 1. The van der Waals surface area contributed by atoms with Gasteiger partial charge in [-0.3, -0.25) is 0 Å². The first-order valence-corrected chi connectivity index (χ1v) is 4.83. The second kappa shape index (κ2) is 5.08. The Kier molecular flexibility index (Phi) is 3.78. The molecule has 1 aliphatic rings. The molecule has 4 nitrogen and oxygen atoms in total. The quantitative estimate of drug-likeness (QED) is 0.732. The Labute approximate surface area is 93.9 Å². The molecular formula is C12H12N2O2. The van der Waals surface area contributed by atoms with Gasteiger partial charge in [0.25, 0.3) is 0 Å². The van der Waals surface area contributed by atoms with Crippen molar-refractivity contribution in [2.75, 3.05) is 0 Å². The fraction of sp³-hybridized carbons (Fsp3) is 0.250. The molecule has 0 saturated heterocycles. The lowest BCUT2D eigenvalue weighted by atomic mass is 9.85. The molecule has 1 heterocycles. The number of nitrogens with zero attached hydrogens (tertiary/aromatic N) is 2. The van der Waals surface area contributed by atoms with Crippen molar-refractivity contribution in [3.63, 3.8) is 0 Å². The molecule has 0 fully saturated rings. The van der Waals surface area contributed by atoms with Crippen LogP contribution < -0.4 is 0 Å². The van der Waals surface area contributed by atoms with Crippen LogP contribution in [0.4, 0.5) is 0 Å². The second-order valence-electron chi connectivity index (χ2n) is 3.33. The minimum atomic E-state index is -1.10. The highest BCUT2D eigenvalue weighted by atomic mass is 16.4. The van der Waals surface area contributed by atoms with E-state index in [1.165, 1.54) is 0 Å². The van der Waals surface area contributed by atoms with Gasteiger partial charge < -0.3 is 5.11 Å². The Balaban J connectivity index is 3.23. The molecule has 82 valence electrons. The number of carboxylic acid groups (broad SMARTS) is 1. The van der Waals surface area contributed by atoms with E-state index in [0.29, 0.717) is 0 Å². The summed E-state index contributed by atoms with van der Waals surface area (Å²) in [5.41, 5.74) is 0.116. The van der Waals surface area contributed by atoms with Crippen LogP contribution in [0.15, 0.2) is 41.6 Å². The summed E-state index contributed by atoms with van der Waals surface area (Å²) in [7, 11) is 0. The van der Waals surface area contributed by atoms with Crippen LogP contribution in [-0.2, 0) is 4.79 Å². The van der Waals surface area contributed by atoms with Gasteiger partial charge in [-0.25, -0.2) is 9.79 Å². The van der Waals surface area contributed by atoms with Crippen molar-refractivity contribution < 1.29 is 9.90 Å². The lowest BCUT2D eigenvalue weighted by Crippen LogP contribution is -2.29. The molecule has 0 spiro atoms. The third-order valence-electron chi connectivity index (χ3n) is 2.33. The van der Waals surface area contributed by atoms with E-state index >= 15 is 0 Å². The van der Waals surface area contributed by atoms with Crippen molar-refractivity contribution in [3.8, 4) is 6.07 Å². The zero-order valence-corrected chi connectivity index (χ0v) is 8.92. The maximum Gasteiger partial charge on any atom is 0.350 e. The van der Waals surface area contributed by atoms with Crippen molar-refractivity contribution in [2.24, 2.45) is 16.8 Å². The highest BCUT2D eigenvalue weighted by molar-refractivity contribution is 6.37. The summed E-state index contributed by atoms with van der Waals surface area (Å²) in [5.74, 6) is -1.65. The minimum absolute atomic E-state index is 0.0120. The Morgan fingerprint density at radius 1 is 1.75 bits per heavy atom. The maximum atomic E-state index is 11.0. The Hall–Kier alpha value is -2.15. The number of carbonyl (C=O) groups is 1. The van der Waals surface area contributed by atoms with Gasteiger partial charge in [0, 0.05) is 11.8 Å². The van der Waals surface area contributed by atoms with Crippen LogP contribution in [0.1, 0.15) is 6.92 Å². The van der Waals surface area contributed by atoms with E-state index in [4.69, 9.17) is 10.4 Å². The molecule has 0 aromatic rings. The van der Waals surface area contributed by atoms with E-state index < -0.39 is 5.97 Å². The van der Waals surface area contributed by atoms with Crippen molar-refractivity contribution in [3.05, 3.63) is 36.6 Å². The molecule has 0 saturated carbocycles. The summed E-state index contributed by atoms with van der Waals surface area (Å²) in [5, 5.41) is 17.8. The van der Waals surface area contributed by atoms with E-state index in [0.717, 1.165) is 0 Å². The fourth-order valence-corrected chi connectivity index (χ4v) is 1.60. The van der Waals surface area contributed by atoms with Crippen molar-refractivity contribution in [2.45, 2.75) is 6.92 Å². The highest BCUT2D eigenvalue weighted by Crippen LogP contribution is 2.25. The minimum Gasteiger partial charge on any atom is -0.477 e. The molecule has 4 heteroatoms. The Bertz CT molecular complexity index is 438. The zero-order chi connectivity index (χ0) is 12.1. The molecule has 0 amide bonds. The predicted molar refractivity (Wildman–Crippen MR) is 60.8 cm³/mol. The van der Waals surface area contributed by atoms with Gasteiger partial charge in [-0.15, -0.1) is 6.58 Å². The van der Waals surface area contributed by atoms with Gasteiger partial charge in [0.15, 0.2) is 0 Å². The smallest absolute Gasteiger partial charge is 0.350 e. The number of hydrogen-bond donors (Lipinski definition) is 1. The van der Waals surface area contributed by atoms with Crippen molar-refractivity contribution in [1.82, 2.24) is 0 Å². The van der Waals surface area contributed by atoms with Gasteiger partial charge in [0.2, 0.25) is 0 Å². The highest BCUT2D eigenvalue weighted by Gasteiger charge is 2.29. The molecule has 1 N–H and O–H groups in total. The topological polar surface area (TPSA) is 73.5 Å². The van der Waals surface area contributed by atoms with E-state index in [-0.39, 0.29) is 23.2 Å². The van der Waals surface area contributed by atoms with Crippen molar-refractivity contribution in [1.29, 1.82) is 5.26 Å². The molecule has 1 rings (SSSR count). The molecule has 1 aliphatic heterocycles. The van der Waals surface area contributed by atoms with Crippen LogP contribution in [0.2, 0.25) is 0 Å². The number of carboxylic acids is 1. The first-order valence-electron chi connectivity index (χ1n) is 4.83. The van der Waals surface area contributed by atoms with Gasteiger partial charge >= 0.3 is 5.97 Å². The molecular weight excluding hydrogens is 204 g/mol. The van der Waals surface area contributed by atoms with Crippen molar-refractivity contribution >= 4 is 11.7 Å². The van der Waals surface area contributed by atoms with Crippen LogP contribution in [0, 0.1) is 23.2 Å². The first kappa shape index (κ1) is 11.9. The molecule has 0 aliphatic carbocycles. The van der Waals surface area contributed by atoms with Crippen LogP contribution in [0.5, 0.6) is 0 Å². The molecule has 2 atom stereocenters. The SMILES string of the molecule is C=CC1C=C(C#N)N=C(C(=O)O)C1/C=C\C.